The van der Waals surface area contributed by atoms with E-state index >= 15 is 0 Å². The quantitative estimate of drug-likeness (QED) is 0.319. The maximum atomic E-state index is 12.0. The lowest BCUT2D eigenvalue weighted by atomic mass is 9.86. The number of amides is 2. The summed E-state index contributed by atoms with van der Waals surface area (Å²) in [5.74, 6) is -0.161. The van der Waals surface area contributed by atoms with Crippen molar-refractivity contribution in [3.8, 4) is 0 Å². The van der Waals surface area contributed by atoms with Gasteiger partial charge in [0.25, 0.3) is 0 Å². The molecule has 33 heavy (non-hydrogen) atoms. The number of anilines is 1. The molecule has 178 valence electrons. The Bertz CT molecular complexity index is 919. The summed E-state index contributed by atoms with van der Waals surface area (Å²) in [6.07, 6.45) is 6.43. The summed E-state index contributed by atoms with van der Waals surface area (Å²) in [6.45, 7) is 2.34. The minimum absolute atomic E-state index is 0.161. The highest BCUT2D eigenvalue weighted by Crippen LogP contribution is 2.34. The van der Waals surface area contributed by atoms with E-state index in [1.165, 1.54) is 24.7 Å². The summed E-state index contributed by atoms with van der Waals surface area (Å²) >= 11 is 3.43. The van der Waals surface area contributed by atoms with Crippen LogP contribution in [0, 0.1) is 0 Å². The number of methoxy groups -OCH3 is 1. The third-order valence-electron chi connectivity index (χ3n) is 6.31. The third-order valence-corrected chi connectivity index (χ3v) is 6.84. The Balaban J connectivity index is 1.62. The summed E-state index contributed by atoms with van der Waals surface area (Å²) in [6, 6.07) is 16.3. The highest BCUT2D eigenvalue weighted by molar-refractivity contribution is 9.10. The molecule has 0 radical (unpaired) electrons. The van der Waals surface area contributed by atoms with Crippen LogP contribution in [-0.2, 0) is 16.0 Å². The first-order valence-electron chi connectivity index (χ1n) is 11.7. The smallest absolute Gasteiger partial charge is 0.319 e. The van der Waals surface area contributed by atoms with E-state index in [9.17, 15) is 9.59 Å². The van der Waals surface area contributed by atoms with Gasteiger partial charge in [-0.25, -0.2) is 4.79 Å². The second kappa shape index (κ2) is 12.8. The standard InChI is InChI=1S/C26H34BrN3O3/c1-33-25(31)12-7-18-29(24-11-6-9-20-8-2-3-10-23(20)24)17-4-5-19-30(26(28)32)22-15-13-21(27)14-16-22/h2-3,8,10,13-16,24H,4-7,9,11-12,17-19H2,1H3,(H2,28,32). The van der Waals surface area contributed by atoms with Crippen LogP contribution in [0.25, 0.3) is 0 Å². The summed E-state index contributed by atoms with van der Waals surface area (Å²) in [5.41, 5.74) is 9.30. The van der Waals surface area contributed by atoms with E-state index in [1.54, 1.807) is 4.90 Å². The Morgan fingerprint density at radius 3 is 2.45 bits per heavy atom. The second-order valence-electron chi connectivity index (χ2n) is 8.50. The second-order valence-corrected chi connectivity index (χ2v) is 9.41. The molecule has 0 heterocycles. The maximum absolute atomic E-state index is 12.0. The van der Waals surface area contributed by atoms with Crippen molar-refractivity contribution in [2.24, 2.45) is 5.73 Å². The number of carbonyl (C=O) groups is 2. The van der Waals surface area contributed by atoms with Gasteiger partial charge in [-0.15, -0.1) is 0 Å². The molecule has 1 aliphatic carbocycles. The topological polar surface area (TPSA) is 75.9 Å². The Labute approximate surface area is 205 Å². The molecule has 0 bridgehead atoms. The van der Waals surface area contributed by atoms with Crippen molar-refractivity contribution in [3.63, 3.8) is 0 Å². The fourth-order valence-electron chi connectivity index (χ4n) is 4.63. The van der Waals surface area contributed by atoms with Crippen LogP contribution in [-0.4, -0.2) is 43.6 Å². The minimum Gasteiger partial charge on any atom is -0.469 e. The molecule has 2 amide bonds. The van der Waals surface area contributed by atoms with Gasteiger partial charge in [0, 0.05) is 29.2 Å². The largest absolute Gasteiger partial charge is 0.469 e. The fourth-order valence-corrected chi connectivity index (χ4v) is 4.90. The Morgan fingerprint density at radius 2 is 1.73 bits per heavy atom. The average Bonchev–Trinajstić information content (AvgIpc) is 2.83. The predicted octanol–water partition coefficient (Wildman–Crippen LogP) is 5.45. The summed E-state index contributed by atoms with van der Waals surface area (Å²) in [7, 11) is 1.44. The van der Waals surface area contributed by atoms with Crippen LogP contribution in [0.3, 0.4) is 0 Å². The van der Waals surface area contributed by atoms with Crippen LogP contribution in [0.5, 0.6) is 0 Å². The number of nitrogens with zero attached hydrogens (tertiary/aromatic N) is 2. The zero-order valence-electron chi connectivity index (χ0n) is 19.3. The van der Waals surface area contributed by atoms with E-state index in [0.29, 0.717) is 19.0 Å². The molecule has 0 spiro atoms. The number of unbranched alkanes of at least 4 members (excludes halogenated alkanes) is 1. The Hall–Kier alpha value is -2.38. The summed E-state index contributed by atoms with van der Waals surface area (Å²) in [4.78, 5) is 27.8. The molecule has 1 unspecified atom stereocenters. The van der Waals surface area contributed by atoms with Crippen molar-refractivity contribution >= 4 is 33.6 Å². The molecule has 2 aromatic rings. The van der Waals surface area contributed by atoms with E-state index < -0.39 is 6.03 Å². The van der Waals surface area contributed by atoms with Crippen molar-refractivity contribution < 1.29 is 14.3 Å². The number of rotatable bonds is 11. The van der Waals surface area contributed by atoms with Crippen LogP contribution in [0.4, 0.5) is 10.5 Å². The highest BCUT2D eigenvalue weighted by Gasteiger charge is 2.25. The summed E-state index contributed by atoms with van der Waals surface area (Å²) < 4.78 is 5.78. The highest BCUT2D eigenvalue weighted by atomic mass is 79.9. The molecule has 1 aliphatic rings. The first kappa shape index (κ1) is 25.2. The molecule has 7 heteroatoms. The number of hydrogen-bond acceptors (Lipinski definition) is 4. The molecule has 0 aliphatic heterocycles. The molecule has 0 saturated carbocycles. The first-order chi connectivity index (χ1) is 16.0. The van der Waals surface area contributed by atoms with Crippen LogP contribution < -0.4 is 10.6 Å². The Kier molecular flexibility index (Phi) is 9.76. The summed E-state index contributed by atoms with van der Waals surface area (Å²) in [5, 5.41) is 0. The van der Waals surface area contributed by atoms with E-state index in [-0.39, 0.29) is 5.97 Å². The molecule has 3 rings (SSSR count). The number of aryl methyl sites for hydroxylation is 1. The monoisotopic (exact) mass is 515 g/mol. The number of ether oxygens (including phenoxy) is 1. The van der Waals surface area contributed by atoms with Gasteiger partial charge in [0.2, 0.25) is 0 Å². The van der Waals surface area contributed by atoms with E-state index in [0.717, 1.165) is 55.4 Å². The number of benzene rings is 2. The molecular formula is C26H34BrN3O3. The van der Waals surface area contributed by atoms with Gasteiger partial charge in [-0.1, -0.05) is 40.2 Å². The van der Waals surface area contributed by atoms with E-state index in [4.69, 9.17) is 10.5 Å². The number of primary amides is 1. The van der Waals surface area contributed by atoms with Crippen molar-refractivity contribution in [2.45, 2.75) is 51.0 Å². The van der Waals surface area contributed by atoms with Gasteiger partial charge in [0.05, 0.1) is 7.11 Å². The third kappa shape index (κ3) is 7.30. The number of esters is 1. The van der Waals surface area contributed by atoms with Crippen molar-refractivity contribution in [3.05, 3.63) is 64.1 Å². The molecule has 1 atom stereocenters. The number of hydrogen-bond donors (Lipinski definition) is 1. The van der Waals surface area contributed by atoms with Gasteiger partial charge in [0.1, 0.15) is 0 Å². The maximum Gasteiger partial charge on any atom is 0.319 e. The lowest BCUT2D eigenvalue weighted by Crippen LogP contribution is -2.37. The van der Waals surface area contributed by atoms with Gasteiger partial charge in [0.15, 0.2) is 0 Å². The van der Waals surface area contributed by atoms with Crippen molar-refractivity contribution in [2.75, 3.05) is 31.6 Å². The normalized spacial score (nSPS) is 15.2. The lowest BCUT2D eigenvalue weighted by molar-refractivity contribution is -0.140. The zero-order valence-corrected chi connectivity index (χ0v) is 20.9. The van der Waals surface area contributed by atoms with E-state index in [2.05, 4.69) is 45.1 Å². The number of halogens is 1. The van der Waals surface area contributed by atoms with Crippen LogP contribution in [0.1, 0.15) is 55.7 Å². The molecule has 6 nitrogen and oxygen atoms in total. The molecule has 2 N–H and O–H groups in total. The molecular weight excluding hydrogens is 482 g/mol. The van der Waals surface area contributed by atoms with Crippen molar-refractivity contribution in [1.82, 2.24) is 4.90 Å². The average molecular weight is 516 g/mol. The number of fused-ring (bicyclic) bond motifs is 1. The molecule has 0 fully saturated rings. The SMILES string of the molecule is COC(=O)CCCN(CCCCN(C(N)=O)c1ccc(Br)cc1)C1CCCc2ccccc21. The van der Waals surface area contributed by atoms with Gasteiger partial charge < -0.3 is 10.5 Å². The van der Waals surface area contributed by atoms with E-state index in [1.807, 2.05) is 24.3 Å². The van der Waals surface area contributed by atoms with Gasteiger partial charge in [-0.05, 0) is 87.0 Å². The van der Waals surface area contributed by atoms with Gasteiger partial charge in [-0.2, -0.15) is 0 Å². The number of nitrogens with two attached hydrogens (primary N) is 1. The lowest BCUT2D eigenvalue weighted by Gasteiger charge is -2.36. The molecule has 0 saturated heterocycles. The first-order valence-corrected chi connectivity index (χ1v) is 12.5. The van der Waals surface area contributed by atoms with Crippen LogP contribution >= 0.6 is 15.9 Å². The molecule has 2 aromatic carbocycles. The van der Waals surface area contributed by atoms with Crippen LogP contribution in [0.15, 0.2) is 53.0 Å². The van der Waals surface area contributed by atoms with Gasteiger partial charge in [-0.3, -0.25) is 14.6 Å². The number of carbonyl (C=O) groups excluding carboxylic acids is 2. The fraction of sp³-hybridized carbons (Fsp3) is 0.462. The minimum atomic E-state index is -0.437. The zero-order chi connectivity index (χ0) is 23.6. The van der Waals surface area contributed by atoms with Crippen LogP contribution in [0.2, 0.25) is 0 Å². The number of urea groups is 1. The van der Waals surface area contributed by atoms with Crippen molar-refractivity contribution in [1.29, 1.82) is 0 Å². The van der Waals surface area contributed by atoms with Gasteiger partial charge >= 0.3 is 12.0 Å². The predicted molar refractivity (Wildman–Crippen MR) is 135 cm³/mol. The Morgan fingerprint density at radius 1 is 1.03 bits per heavy atom. The molecule has 0 aromatic heterocycles.